The van der Waals surface area contributed by atoms with Crippen molar-refractivity contribution in [1.29, 1.82) is 0 Å². The molecule has 0 aromatic heterocycles. The Kier molecular flexibility index (Phi) is 6.86. The minimum Gasteiger partial charge on any atom is -0.496 e. The molecular formula is C20H25N3O6S. The summed E-state index contributed by atoms with van der Waals surface area (Å²) in [5, 5.41) is 14.4. The standard InChI is InChI=1S/C20H25N3O6S/c1-29-16-10-12(30-2)3-4-13(16)18(26)21-11-7-8-23-15(9-11)19(27)22-14(20(23)28)5-6-17(24)25/h3-4,10-11,14-15H,5-9H2,1-2H3,(H,21,26)(H,22,27)(H,24,25). The number of carbonyl (C=O) groups excluding carboxylic acids is 3. The summed E-state index contributed by atoms with van der Waals surface area (Å²) in [6.07, 6.45) is 2.63. The van der Waals surface area contributed by atoms with Crippen molar-refractivity contribution in [2.24, 2.45) is 0 Å². The monoisotopic (exact) mass is 435 g/mol. The van der Waals surface area contributed by atoms with Gasteiger partial charge in [-0.3, -0.25) is 19.2 Å². The first-order valence-corrected chi connectivity index (χ1v) is 10.9. The van der Waals surface area contributed by atoms with Crippen LogP contribution in [0.1, 0.15) is 36.0 Å². The summed E-state index contributed by atoms with van der Waals surface area (Å²) in [5.74, 6) is -1.41. The lowest BCUT2D eigenvalue weighted by Gasteiger charge is -2.44. The molecule has 30 heavy (non-hydrogen) atoms. The minimum atomic E-state index is -1.01. The van der Waals surface area contributed by atoms with Gasteiger partial charge in [-0.05, 0) is 43.7 Å². The van der Waals surface area contributed by atoms with Gasteiger partial charge in [0, 0.05) is 23.9 Å². The van der Waals surface area contributed by atoms with Crippen LogP contribution >= 0.6 is 11.8 Å². The molecule has 1 aromatic carbocycles. The van der Waals surface area contributed by atoms with Gasteiger partial charge in [0.05, 0.1) is 12.7 Å². The first kappa shape index (κ1) is 21.9. The Morgan fingerprint density at radius 2 is 2.13 bits per heavy atom. The lowest BCUT2D eigenvalue weighted by Crippen LogP contribution is -2.66. The number of aliphatic carboxylic acids is 1. The van der Waals surface area contributed by atoms with Gasteiger partial charge in [0.15, 0.2) is 0 Å². The van der Waals surface area contributed by atoms with E-state index >= 15 is 0 Å². The highest BCUT2D eigenvalue weighted by molar-refractivity contribution is 7.98. The molecule has 0 saturated carbocycles. The zero-order chi connectivity index (χ0) is 21.8. The summed E-state index contributed by atoms with van der Waals surface area (Å²) in [4.78, 5) is 51.2. The highest BCUT2D eigenvalue weighted by Crippen LogP contribution is 2.27. The van der Waals surface area contributed by atoms with Crippen LogP contribution in [0.5, 0.6) is 5.75 Å². The predicted octanol–water partition coefficient (Wildman–Crippen LogP) is 0.870. The molecule has 0 bridgehead atoms. The fourth-order valence-electron chi connectivity index (χ4n) is 3.85. The Bertz CT molecular complexity index is 861. The van der Waals surface area contributed by atoms with Crippen LogP contribution in [0.2, 0.25) is 0 Å². The second-order valence-corrected chi connectivity index (χ2v) is 8.18. The number of nitrogens with zero attached hydrogens (tertiary/aromatic N) is 1. The number of piperidine rings is 1. The molecule has 0 spiro atoms. The number of methoxy groups -OCH3 is 1. The quantitative estimate of drug-likeness (QED) is 0.543. The third kappa shape index (κ3) is 4.69. The third-order valence-corrected chi connectivity index (χ3v) is 6.16. The Morgan fingerprint density at radius 1 is 1.37 bits per heavy atom. The number of thioether (sulfide) groups is 1. The van der Waals surface area contributed by atoms with E-state index in [1.807, 2.05) is 12.3 Å². The molecule has 2 aliphatic rings. The van der Waals surface area contributed by atoms with Crippen molar-refractivity contribution >= 4 is 35.5 Å². The maximum Gasteiger partial charge on any atom is 0.303 e. The average Bonchev–Trinajstić information content (AvgIpc) is 2.74. The summed E-state index contributed by atoms with van der Waals surface area (Å²) in [6, 6.07) is 3.60. The van der Waals surface area contributed by atoms with Crippen molar-refractivity contribution in [3.63, 3.8) is 0 Å². The van der Waals surface area contributed by atoms with Crippen LogP contribution in [0.3, 0.4) is 0 Å². The summed E-state index contributed by atoms with van der Waals surface area (Å²) >= 11 is 1.55. The maximum atomic E-state index is 12.8. The van der Waals surface area contributed by atoms with E-state index in [1.165, 1.54) is 12.0 Å². The van der Waals surface area contributed by atoms with Gasteiger partial charge in [-0.15, -0.1) is 11.8 Å². The number of carbonyl (C=O) groups is 4. The Hall–Kier alpha value is -2.75. The van der Waals surface area contributed by atoms with Crippen molar-refractivity contribution in [2.75, 3.05) is 19.9 Å². The number of piperazine rings is 1. The van der Waals surface area contributed by atoms with Crippen molar-refractivity contribution in [3.8, 4) is 5.75 Å². The van der Waals surface area contributed by atoms with Gasteiger partial charge >= 0.3 is 5.97 Å². The first-order chi connectivity index (χ1) is 14.3. The fraction of sp³-hybridized carbons (Fsp3) is 0.500. The van der Waals surface area contributed by atoms with E-state index < -0.39 is 18.1 Å². The van der Waals surface area contributed by atoms with Crippen LogP contribution in [0, 0.1) is 0 Å². The van der Waals surface area contributed by atoms with Crippen molar-refractivity contribution in [3.05, 3.63) is 23.8 Å². The number of benzene rings is 1. The summed E-state index contributed by atoms with van der Waals surface area (Å²) in [5.41, 5.74) is 0.413. The molecule has 162 valence electrons. The zero-order valence-corrected chi connectivity index (χ0v) is 17.7. The molecule has 3 atom stereocenters. The highest BCUT2D eigenvalue weighted by Gasteiger charge is 2.44. The van der Waals surface area contributed by atoms with Crippen LogP contribution in [-0.4, -0.2) is 71.7 Å². The fourth-order valence-corrected chi connectivity index (χ4v) is 4.28. The van der Waals surface area contributed by atoms with Gasteiger partial charge in [0.1, 0.15) is 17.8 Å². The number of hydrogen-bond acceptors (Lipinski definition) is 6. The number of hydrogen-bond donors (Lipinski definition) is 3. The SMILES string of the molecule is COc1cc(SC)ccc1C(=O)NC1CCN2C(=O)C(CCC(=O)O)NC(=O)C2C1. The molecule has 3 unspecified atom stereocenters. The van der Waals surface area contributed by atoms with Gasteiger partial charge in [0.25, 0.3) is 5.91 Å². The second-order valence-electron chi connectivity index (χ2n) is 7.30. The summed E-state index contributed by atoms with van der Waals surface area (Å²) in [6.45, 7) is 0.327. The van der Waals surface area contributed by atoms with Gasteiger partial charge in [0.2, 0.25) is 11.8 Å². The maximum absolute atomic E-state index is 12.8. The number of nitrogens with one attached hydrogen (secondary N) is 2. The smallest absolute Gasteiger partial charge is 0.303 e. The van der Waals surface area contributed by atoms with Crippen molar-refractivity contribution in [1.82, 2.24) is 15.5 Å². The molecule has 2 saturated heterocycles. The van der Waals surface area contributed by atoms with Crippen LogP contribution in [-0.2, 0) is 14.4 Å². The van der Waals surface area contributed by atoms with E-state index in [0.717, 1.165) is 4.90 Å². The van der Waals surface area contributed by atoms with Crippen LogP contribution < -0.4 is 15.4 Å². The van der Waals surface area contributed by atoms with E-state index in [1.54, 1.807) is 23.9 Å². The Balaban J connectivity index is 1.64. The zero-order valence-electron chi connectivity index (χ0n) is 16.8. The van der Waals surface area contributed by atoms with Gasteiger partial charge in [-0.1, -0.05) is 0 Å². The molecule has 0 radical (unpaired) electrons. The predicted molar refractivity (Wildman–Crippen MR) is 110 cm³/mol. The molecule has 3 amide bonds. The lowest BCUT2D eigenvalue weighted by molar-refractivity contribution is -0.152. The number of rotatable bonds is 7. The molecule has 3 rings (SSSR count). The normalized spacial score (nSPS) is 23.4. The summed E-state index contributed by atoms with van der Waals surface area (Å²) in [7, 11) is 1.51. The third-order valence-electron chi connectivity index (χ3n) is 5.44. The molecule has 0 aliphatic carbocycles. The number of fused-ring (bicyclic) bond motifs is 1. The van der Waals surface area contributed by atoms with E-state index in [9.17, 15) is 19.2 Å². The van der Waals surface area contributed by atoms with Crippen LogP contribution in [0.15, 0.2) is 23.1 Å². The van der Waals surface area contributed by atoms with E-state index in [4.69, 9.17) is 9.84 Å². The second kappa shape index (κ2) is 9.38. The minimum absolute atomic E-state index is 0.0646. The van der Waals surface area contributed by atoms with E-state index in [-0.39, 0.29) is 36.6 Å². The summed E-state index contributed by atoms with van der Waals surface area (Å²) < 4.78 is 5.33. The molecular weight excluding hydrogens is 410 g/mol. The van der Waals surface area contributed by atoms with Crippen LogP contribution in [0.25, 0.3) is 0 Å². The van der Waals surface area contributed by atoms with Gasteiger partial charge < -0.3 is 25.4 Å². The molecule has 9 nitrogen and oxygen atoms in total. The Labute approximate surface area is 178 Å². The van der Waals surface area contributed by atoms with Crippen LogP contribution in [0.4, 0.5) is 0 Å². The molecule has 3 N–H and O–H groups in total. The van der Waals surface area contributed by atoms with Gasteiger partial charge in [-0.25, -0.2) is 0 Å². The molecule has 2 fully saturated rings. The van der Waals surface area contributed by atoms with E-state index in [2.05, 4.69) is 10.6 Å². The average molecular weight is 436 g/mol. The van der Waals surface area contributed by atoms with Crippen molar-refractivity contribution < 1.29 is 29.0 Å². The largest absolute Gasteiger partial charge is 0.496 e. The number of carboxylic acid groups (broad SMARTS) is 1. The van der Waals surface area contributed by atoms with Crippen molar-refractivity contribution in [2.45, 2.75) is 48.7 Å². The topological polar surface area (TPSA) is 125 Å². The Morgan fingerprint density at radius 3 is 2.80 bits per heavy atom. The first-order valence-electron chi connectivity index (χ1n) is 9.69. The number of ether oxygens (including phenoxy) is 1. The molecule has 2 aliphatic heterocycles. The van der Waals surface area contributed by atoms with E-state index in [0.29, 0.717) is 30.7 Å². The molecule has 10 heteroatoms. The number of amides is 3. The lowest BCUT2D eigenvalue weighted by atomic mass is 9.92. The van der Waals surface area contributed by atoms with Gasteiger partial charge in [-0.2, -0.15) is 0 Å². The molecule has 1 aromatic rings. The highest BCUT2D eigenvalue weighted by atomic mass is 32.2. The number of carboxylic acids is 1. The molecule has 2 heterocycles.